The number of Topliss-reactive ketones (excluding diaryl/α,β-unsaturated/α-hetero) is 1. The summed E-state index contributed by atoms with van der Waals surface area (Å²) in [6, 6.07) is 0. The van der Waals surface area contributed by atoms with E-state index in [1.807, 2.05) is 6.92 Å². The highest BCUT2D eigenvalue weighted by Gasteiger charge is 2.60. The van der Waals surface area contributed by atoms with Gasteiger partial charge in [-0.2, -0.15) is 0 Å². The molecule has 132 valence electrons. The summed E-state index contributed by atoms with van der Waals surface area (Å²) >= 11 is 0. The summed E-state index contributed by atoms with van der Waals surface area (Å²) in [5, 5.41) is 20.6. The van der Waals surface area contributed by atoms with Gasteiger partial charge in [-0.15, -0.1) is 0 Å². The van der Waals surface area contributed by atoms with Crippen LogP contribution < -0.4 is 0 Å². The van der Waals surface area contributed by atoms with Crippen molar-refractivity contribution in [3.05, 3.63) is 23.3 Å². The lowest BCUT2D eigenvalue weighted by Gasteiger charge is -2.57. The van der Waals surface area contributed by atoms with Crippen LogP contribution in [0.25, 0.3) is 0 Å². The number of fused-ring (bicyclic) bond motifs is 5. The van der Waals surface area contributed by atoms with Gasteiger partial charge in [0.2, 0.25) is 0 Å². The van der Waals surface area contributed by atoms with Gasteiger partial charge in [0.25, 0.3) is 0 Å². The second kappa shape index (κ2) is 5.28. The van der Waals surface area contributed by atoms with Crippen molar-refractivity contribution in [1.82, 2.24) is 0 Å². The van der Waals surface area contributed by atoms with Crippen molar-refractivity contribution >= 4 is 5.78 Å². The Morgan fingerprint density at radius 1 is 1.12 bits per heavy atom. The highest BCUT2D eigenvalue weighted by atomic mass is 16.3. The maximum atomic E-state index is 12.6. The molecule has 7 atom stereocenters. The molecule has 0 heterocycles. The standard InChI is InChI=1S/C21H30O3/c1-4-13-18(23)11-16-12-5-6-15-19(24)17(22)8-10-21(15,3)14(12)7-9-20(13,16)2/h4,6,12,14,16-17,19,22,24H,5,7-11H2,1-3H3/b13-4+/t12-,14+,16+,17+,19-,20-,21-/m1/s1. The Morgan fingerprint density at radius 2 is 1.83 bits per heavy atom. The minimum atomic E-state index is -0.700. The van der Waals surface area contributed by atoms with E-state index in [0.29, 0.717) is 36.4 Å². The zero-order valence-corrected chi connectivity index (χ0v) is 15.1. The van der Waals surface area contributed by atoms with Crippen LogP contribution in [0.5, 0.6) is 0 Å². The third-order valence-electron chi connectivity index (χ3n) is 8.17. The molecule has 0 aromatic heterocycles. The molecule has 3 nitrogen and oxygen atoms in total. The second-order valence-electron chi connectivity index (χ2n) is 9.03. The van der Waals surface area contributed by atoms with Crippen molar-refractivity contribution in [1.29, 1.82) is 0 Å². The maximum Gasteiger partial charge on any atom is 0.159 e. The molecule has 4 aliphatic carbocycles. The predicted octanol–water partition coefficient (Wildman–Crippen LogP) is 3.41. The predicted molar refractivity (Wildman–Crippen MR) is 93.2 cm³/mol. The third kappa shape index (κ3) is 1.94. The molecule has 0 aliphatic heterocycles. The van der Waals surface area contributed by atoms with E-state index in [1.165, 1.54) is 0 Å². The lowest BCUT2D eigenvalue weighted by atomic mass is 9.47. The van der Waals surface area contributed by atoms with E-state index in [4.69, 9.17) is 0 Å². The molecule has 4 aliphatic rings. The fraction of sp³-hybridized carbons (Fsp3) is 0.762. The van der Waals surface area contributed by atoms with E-state index in [-0.39, 0.29) is 10.8 Å². The van der Waals surface area contributed by atoms with E-state index < -0.39 is 12.2 Å². The first-order valence-corrected chi connectivity index (χ1v) is 9.59. The van der Waals surface area contributed by atoms with Crippen LogP contribution in [0, 0.1) is 28.6 Å². The monoisotopic (exact) mass is 330 g/mol. The number of rotatable bonds is 0. The van der Waals surface area contributed by atoms with Crippen LogP contribution in [0.2, 0.25) is 0 Å². The zero-order chi connectivity index (χ0) is 17.3. The zero-order valence-electron chi connectivity index (χ0n) is 15.1. The van der Waals surface area contributed by atoms with Gasteiger partial charge in [0.1, 0.15) is 6.10 Å². The first-order valence-electron chi connectivity index (χ1n) is 9.59. The van der Waals surface area contributed by atoms with Crippen molar-refractivity contribution in [3.63, 3.8) is 0 Å². The van der Waals surface area contributed by atoms with E-state index >= 15 is 0 Å². The third-order valence-corrected chi connectivity index (χ3v) is 8.17. The normalized spacial score (nSPS) is 52.5. The minimum absolute atomic E-state index is 0.00930. The molecule has 0 amide bonds. The molecule has 0 radical (unpaired) electrons. The Hall–Kier alpha value is -0.930. The Labute approximate surface area is 144 Å². The molecular formula is C21H30O3. The summed E-state index contributed by atoms with van der Waals surface area (Å²) in [7, 11) is 0. The lowest BCUT2D eigenvalue weighted by molar-refractivity contribution is -0.115. The van der Waals surface area contributed by atoms with Crippen LogP contribution in [-0.2, 0) is 4.79 Å². The lowest BCUT2D eigenvalue weighted by Crippen LogP contribution is -2.53. The molecule has 3 saturated carbocycles. The molecule has 4 rings (SSSR count). The van der Waals surface area contributed by atoms with Gasteiger partial charge in [-0.1, -0.05) is 26.0 Å². The van der Waals surface area contributed by atoms with Gasteiger partial charge in [-0.3, -0.25) is 4.79 Å². The van der Waals surface area contributed by atoms with E-state index in [2.05, 4.69) is 26.0 Å². The minimum Gasteiger partial charge on any atom is -0.390 e. The molecular weight excluding hydrogens is 300 g/mol. The number of allylic oxidation sites excluding steroid dienone is 3. The number of aliphatic hydroxyl groups is 2. The molecule has 0 saturated heterocycles. The number of hydrogen-bond acceptors (Lipinski definition) is 3. The fourth-order valence-corrected chi connectivity index (χ4v) is 6.87. The number of carbonyl (C=O) groups is 1. The van der Waals surface area contributed by atoms with Gasteiger partial charge >= 0.3 is 0 Å². The van der Waals surface area contributed by atoms with Gasteiger partial charge in [-0.05, 0) is 78.8 Å². The first-order chi connectivity index (χ1) is 11.3. The average Bonchev–Trinajstić information content (AvgIpc) is 2.81. The van der Waals surface area contributed by atoms with Crippen LogP contribution in [0.15, 0.2) is 23.3 Å². The SMILES string of the molecule is C/C=C1\C(=O)C[C@H]2[C@@H]3CC=C4[C@@H](O)[C@@H](O)CC[C@]4(C)[C@H]3CC[C@]12C. The summed E-state index contributed by atoms with van der Waals surface area (Å²) in [6.45, 7) is 6.60. The summed E-state index contributed by atoms with van der Waals surface area (Å²) in [5.41, 5.74) is 2.17. The van der Waals surface area contributed by atoms with Crippen molar-refractivity contribution in [2.75, 3.05) is 0 Å². The summed E-state index contributed by atoms with van der Waals surface area (Å²) in [6.07, 6.45) is 8.42. The van der Waals surface area contributed by atoms with Crippen LogP contribution in [0.3, 0.4) is 0 Å². The number of carbonyl (C=O) groups excluding carboxylic acids is 1. The number of hydrogen-bond donors (Lipinski definition) is 2. The Bertz CT molecular complexity index is 633. The van der Waals surface area contributed by atoms with Gasteiger partial charge in [0, 0.05) is 6.42 Å². The van der Waals surface area contributed by atoms with Gasteiger partial charge in [-0.25, -0.2) is 0 Å². The first kappa shape index (κ1) is 16.5. The van der Waals surface area contributed by atoms with Crippen LogP contribution in [-0.4, -0.2) is 28.2 Å². The Balaban J connectivity index is 1.73. The van der Waals surface area contributed by atoms with Crippen molar-refractivity contribution < 1.29 is 15.0 Å². The molecule has 0 bridgehead atoms. The smallest absolute Gasteiger partial charge is 0.159 e. The summed E-state index contributed by atoms with van der Waals surface area (Å²) in [5.74, 6) is 1.85. The topological polar surface area (TPSA) is 57.5 Å². The maximum absolute atomic E-state index is 12.6. The number of ketones is 1. The highest BCUT2D eigenvalue weighted by Crippen LogP contribution is 2.65. The van der Waals surface area contributed by atoms with Crippen molar-refractivity contribution in [3.8, 4) is 0 Å². The molecule has 0 aromatic rings. The van der Waals surface area contributed by atoms with Gasteiger partial charge in [0.05, 0.1) is 6.10 Å². The van der Waals surface area contributed by atoms with Gasteiger partial charge in [0.15, 0.2) is 5.78 Å². The van der Waals surface area contributed by atoms with Crippen molar-refractivity contribution in [2.45, 2.75) is 71.5 Å². The molecule has 24 heavy (non-hydrogen) atoms. The Morgan fingerprint density at radius 3 is 2.54 bits per heavy atom. The van der Waals surface area contributed by atoms with Crippen LogP contribution in [0.1, 0.15) is 59.3 Å². The molecule has 3 heteroatoms. The largest absolute Gasteiger partial charge is 0.390 e. The molecule has 0 unspecified atom stereocenters. The van der Waals surface area contributed by atoms with Gasteiger partial charge < -0.3 is 10.2 Å². The van der Waals surface area contributed by atoms with Crippen LogP contribution >= 0.6 is 0 Å². The second-order valence-corrected chi connectivity index (χ2v) is 9.03. The molecule has 0 aromatic carbocycles. The van der Waals surface area contributed by atoms with E-state index in [1.54, 1.807) is 0 Å². The van der Waals surface area contributed by atoms with Crippen LogP contribution in [0.4, 0.5) is 0 Å². The average molecular weight is 330 g/mol. The quantitative estimate of drug-likeness (QED) is 0.529. The summed E-state index contributed by atoms with van der Waals surface area (Å²) < 4.78 is 0. The highest BCUT2D eigenvalue weighted by molar-refractivity contribution is 5.99. The molecule has 0 spiro atoms. The Kier molecular flexibility index (Phi) is 3.64. The van der Waals surface area contributed by atoms with E-state index in [0.717, 1.165) is 36.8 Å². The van der Waals surface area contributed by atoms with E-state index in [9.17, 15) is 15.0 Å². The number of aliphatic hydroxyl groups excluding tert-OH is 2. The van der Waals surface area contributed by atoms with Crippen molar-refractivity contribution in [2.24, 2.45) is 28.6 Å². The molecule has 3 fully saturated rings. The summed E-state index contributed by atoms with van der Waals surface area (Å²) in [4.78, 5) is 12.6. The fourth-order valence-electron chi connectivity index (χ4n) is 6.87. The molecule has 2 N–H and O–H groups in total.